The third-order valence-electron chi connectivity index (χ3n) is 4.19. The maximum absolute atomic E-state index is 9.98. The summed E-state index contributed by atoms with van der Waals surface area (Å²) in [6.07, 6.45) is 19.5. The van der Waals surface area contributed by atoms with Crippen LogP contribution in [0.25, 0.3) is 0 Å². The van der Waals surface area contributed by atoms with Crippen molar-refractivity contribution in [3.8, 4) is 0 Å². The van der Waals surface area contributed by atoms with Gasteiger partial charge in [-0.25, -0.2) is 0 Å². The molecule has 3 nitrogen and oxygen atoms in total. The van der Waals surface area contributed by atoms with Crippen LogP contribution in [0.3, 0.4) is 0 Å². The quantitative estimate of drug-likeness (QED) is 0.252. The molecule has 126 valence electrons. The Labute approximate surface area is 131 Å². The zero-order valence-electron chi connectivity index (χ0n) is 14.2. The summed E-state index contributed by atoms with van der Waals surface area (Å²) in [5.74, 6) is 0. The van der Waals surface area contributed by atoms with Crippen molar-refractivity contribution in [1.29, 1.82) is 0 Å². The van der Waals surface area contributed by atoms with Gasteiger partial charge < -0.3 is 5.11 Å². The van der Waals surface area contributed by atoms with Gasteiger partial charge in [-0.05, 0) is 18.0 Å². The van der Waals surface area contributed by atoms with E-state index in [0.29, 0.717) is 6.42 Å². The molecule has 1 unspecified atom stereocenters. The summed E-state index contributed by atoms with van der Waals surface area (Å²) in [4.78, 5) is 9.98. The summed E-state index contributed by atoms with van der Waals surface area (Å²) in [6.45, 7) is 2.27. The van der Waals surface area contributed by atoms with Gasteiger partial charge in [0.15, 0.2) is 6.23 Å². The molecule has 0 rings (SSSR count). The van der Waals surface area contributed by atoms with Crippen molar-refractivity contribution >= 4 is 0 Å². The summed E-state index contributed by atoms with van der Waals surface area (Å²) in [7, 11) is 0. The summed E-state index contributed by atoms with van der Waals surface area (Å²) in [5, 5.41) is 11.6. The van der Waals surface area contributed by atoms with E-state index in [2.05, 4.69) is 12.1 Å². The second-order valence-electron chi connectivity index (χ2n) is 6.32. The van der Waals surface area contributed by atoms with Crippen LogP contribution in [0.1, 0.15) is 110 Å². The van der Waals surface area contributed by atoms with Crippen molar-refractivity contribution in [1.82, 2.24) is 0 Å². The van der Waals surface area contributed by atoms with Crippen molar-refractivity contribution in [2.24, 2.45) is 5.18 Å². The van der Waals surface area contributed by atoms with Gasteiger partial charge in [-0.3, -0.25) is 0 Å². The summed E-state index contributed by atoms with van der Waals surface area (Å²) < 4.78 is 0. The van der Waals surface area contributed by atoms with E-state index in [4.69, 9.17) is 5.11 Å². The van der Waals surface area contributed by atoms with Crippen molar-refractivity contribution < 1.29 is 5.11 Å². The molecule has 3 heteroatoms. The van der Waals surface area contributed by atoms with E-state index in [1.807, 2.05) is 0 Å². The van der Waals surface area contributed by atoms with Crippen LogP contribution >= 0.6 is 0 Å². The van der Waals surface area contributed by atoms with E-state index in [9.17, 15) is 4.91 Å². The third-order valence-corrected chi connectivity index (χ3v) is 4.19. The van der Waals surface area contributed by atoms with Gasteiger partial charge in [0.25, 0.3) is 0 Å². The number of rotatable bonds is 17. The SMILES string of the molecule is CCCCCCCCCCCCCCCCCC(O)N=O. The van der Waals surface area contributed by atoms with Crippen LogP contribution in [-0.2, 0) is 0 Å². The van der Waals surface area contributed by atoms with Gasteiger partial charge in [-0.1, -0.05) is 96.8 Å². The lowest BCUT2D eigenvalue weighted by atomic mass is 10.0. The molecule has 0 aliphatic carbocycles. The second-order valence-corrected chi connectivity index (χ2v) is 6.32. The van der Waals surface area contributed by atoms with Crippen LogP contribution in [-0.4, -0.2) is 11.3 Å². The number of aliphatic hydroxyl groups excluding tert-OH is 1. The molecule has 0 radical (unpaired) electrons. The highest BCUT2D eigenvalue weighted by Crippen LogP contribution is 2.14. The molecule has 1 atom stereocenters. The monoisotopic (exact) mass is 299 g/mol. The molecule has 21 heavy (non-hydrogen) atoms. The van der Waals surface area contributed by atoms with Gasteiger partial charge in [0, 0.05) is 0 Å². The summed E-state index contributed by atoms with van der Waals surface area (Å²) in [5.41, 5.74) is 0. The maximum Gasteiger partial charge on any atom is 0.186 e. The van der Waals surface area contributed by atoms with Crippen LogP contribution in [0.5, 0.6) is 0 Å². The Hall–Kier alpha value is -0.440. The first kappa shape index (κ1) is 20.6. The molecule has 0 saturated carbocycles. The lowest BCUT2D eigenvalue weighted by Crippen LogP contribution is -2.00. The zero-order chi connectivity index (χ0) is 15.6. The second kappa shape index (κ2) is 17.6. The molecule has 0 bridgehead atoms. The number of hydrogen-bond donors (Lipinski definition) is 1. The van der Waals surface area contributed by atoms with Gasteiger partial charge in [0.05, 0.1) is 0 Å². The summed E-state index contributed by atoms with van der Waals surface area (Å²) >= 11 is 0. The van der Waals surface area contributed by atoms with Crippen molar-refractivity contribution in [3.05, 3.63) is 4.91 Å². The van der Waals surface area contributed by atoms with E-state index in [1.54, 1.807) is 0 Å². The van der Waals surface area contributed by atoms with Crippen LogP contribution in [0.4, 0.5) is 0 Å². The molecule has 0 aliphatic heterocycles. The molecule has 0 saturated heterocycles. The lowest BCUT2D eigenvalue weighted by Gasteiger charge is -2.04. The largest absolute Gasteiger partial charge is 0.369 e. The molecule has 0 heterocycles. The molecular formula is C18H37NO2. The highest BCUT2D eigenvalue weighted by Gasteiger charge is 2.01. The summed E-state index contributed by atoms with van der Waals surface area (Å²) in [6, 6.07) is 0. The van der Waals surface area contributed by atoms with E-state index >= 15 is 0 Å². The average Bonchev–Trinajstić information content (AvgIpc) is 2.50. The predicted octanol–water partition coefficient (Wildman–Crippen LogP) is 6.33. The smallest absolute Gasteiger partial charge is 0.186 e. The molecule has 0 amide bonds. The number of nitroso groups, excluding NO2 is 1. The normalized spacial score (nSPS) is 12.5. The van der Waals surface area contributed by atoms with Crippen LogP contribution in [0.15, 0.2) is 5.18 Å². The third kappa shape index (κ3) is 17.5. The molecule has 0 aromatic rings. The predicted molar refractivity (Wildman–Crippen MR) is 91.3 cm³/mol. The first-order chi connectivity index (χ1) is 10.3. The number of unbranched alkanes of at least 4 members (excludes halogenated alkanes) is 14. The van der Waals surface area contributed by atoms with Crippen LogP contribution in [0, 0.1) is 4.91 Å². The van der Waals surface area contributed by atoms with Gasteiger partial charge in [-0.2, -0.15) is 0 Å². The van der Waals surface area contributed by atoms with E-state index in [-0.39, 0.29) is 0 Å². The number of aliphatic hydroxyl groups is 1. The number of nitrogens with zero attached hydrogens (tertiary/aromatic N) is 1. The minimum absolute atomic E-state index is 0.530. The minimum atomic E-state index is -0.980. The first-order valence-electron chi connectivity index (χ1n) is 9.31. The Kier molecular flexibility index (Phi) is 17.2. The average molecular weight is 299 g/mol. The highest BCUT2D eigenvalue weighted by molar-refractivity contribution is 4.52. The molecule has 0 aromatic heterocycles. The Morgan fingerprint density at radius 1 is 0.667 bits per heavy atom. The Bertz CT molecular complexity index is 209. The number of hydrogen-bond acceptors (Lipinski definition) is 3. The standard InChI is InChI=1S/C18H37NO2/c1-2-3-4-5-6-7-8-9-10-11-12-13-14-15-16-17-18(20)19-21/h18,20H,2-17H2,1H3. The van der Waals surface area contributed by atoms with Crippen molar-refractivity contribution in [2.45, 2.75) is 116 Å². The van der Waals surface area contributed by atoms with Gasteiger partial charge >= 0.3 is 0 Å². The fourth-order valence-electron chi connectivity index (χ4n) is 2.75. The molecule has 0 aliphatic rings. The van der Waals surface area contributed by atoms with Crippen molar-refractivity contribution in [2.75, 3.05) is 0 Å². The van der Waals surface area contributed by atoms with E-state index in [1.165, 1.54) is 83.5 Å². The van der Waals surface area contributed by atoms with Crippen LogP contribution in [0.2, 0.25) is 0 Å². The topological polar surface area (TPSA) is 49.7 Å². The minimum Gasteiger partial charge on any atom is -0.369 e. The Morgan fingerprint density at radius 2 is 1.00 bits per heavy atom. The molecule has 0 aromatic carbocycles. The molecular weight excluding hydrogens is 262 g/mol. The van der Waals surface area contributed by atoms with E-state index < -0.39 is 6.23 Å². The Morgan fingerprint density at radius 3 is 1.33 bits per heavy atom. The lowest BCUT2D eigenvalue weighted by molar-refractivity contribution is 0.168. The van der Waals surface area contributed by atoms with Crippen molar-refractivity contribution in [3.63, 3.8) is 0 Å². The molecule has 1 N–H and O–H groups in total. The molecule has 0 fully saturated rings. The van der Waals surface area contributed by atoms with Gasteiger partial charge in [0.2, 0.25) is 0 Å². The van der Waals surface area contributed by atoms with E-state index in [0.717, 1.165) is 12.8 Å². The zero-order valence-corrected chi connectivity index (χ0v) is 14.2. The van der Waals surface area contributed by atoms with Gasteiger partial charge in [0.1, 0.15) is 0 Å². The fourth-order valence-corrected chi connectivity index (χ4v) is 2.75. The Balaban J connectivity index is 2.98. The maximum atomic E-state index is 9.98. The van der Waals surface area contributed by atoms with Crippen LogP contribution < -0.4 is 0 Å². The highest BCUT2D eigenvalue weighted by atomic mass is 16.3. The first-order valence-corrected chi connectivity index (χ1v) is 9.31. The molecule has 0 spiro atoms. The van der Waals surface area contributed by atoms with Gasteiger partial charge in [-0.15, -0.1) is 4.91 Å². The fraction of sp³-hybridized carbons (Fsp3) is 1.00.